The molecule has 2 heterocycles. The van der Waals surface area contributed by atoms with Gasteiger partial charge in [-0.3, -0.25) is 4.68 Å². The number of benzene rings is 1. The summed E-state index contributed by atoms with van der Waals surface area (Å²) >= 11 is 0. The summed E-state index contributed by atoms with van der Waals surface area (Å²) in [7, 11) is 0. The Kier molecular flexibility index (Phi) is 7.15. The molecule has 0 unspecified atom stereocenters. The molecule has 0 radical (unpaired) electrons. The van der Waals surface area contributed by atoms with Crippen LogP contribution in [0.4, 0.5) is 0 Å². The number of rotatable bonds is 7. The molecular weight excluding hydrogens is 388 g/mol. The lowest BCUT2D eigenvalue weighted by molar-refractivity contribution is -0.278. The van der Waals surface area contributed by atoms with Crippen molar-refractivity contribution in [2.24, 2.45) is 0 Å². The predicted octanol–water partition coefficient (Wildman–Crippen LogP) is 1.36. The Bertz CT molecular complexity index is 821. The standard InChI is InChI=1S/C22H32N2O6/c1-12(2)17-15(10-14-8-6-5-7-9-14)21(23-24(17)13(3)4)30-22-20(28)19(27)18(26)16(11-25)29-22/h5-9,12-13,16,18-20,22,25-28H,10-11H2,1-4H3/t16-,18-,19+,20-,22+/m1/s1. The van der Waals surface area contributed by atoms with Gasteiger partial charge in [0.15, 0.2) is 0 Å². The molecule has 4 N–H and O–H groups in total. The van der Waals surface area contributed by atoms with E-state index in [9.17, 15) is 20.4 Å². The molecule has 5 atom stereocenters. The largest absolute Gasteiger partial charge is 0.443 e. The van der Waals surface area contributed by atoms with Crippen molar-refractivity contribution in [1.82, 2.24) is 9.78 Å². The van der Waals surface area contributed by atoms with Crippen LogP contribution >= 0.6 is 0 Å². The average molecular weight is 421 g/mol. The van der Waals surface area contributed by atoms with Gasteiger partial charge in [-0.15, -0.1) is 5.10 Å². The van der Waals surface area contributed by atoms with Gasteiger partial charge in [-0.25, -0.2) is 0 Å². The van der Waals surface area contributed by atoms with E-state index in [1.165, 1.54) is 0 Å². The number of aliphatic hydroxyl groups excluding tert-OH is 4. The van der Waals surface area contributed by atoms with E-state index in [1.807, 2.05) is 48.9 Å². The zero-order valence-corrected chi connectivity index (χ0v) is 17.8. The summed E-state index contributed by atoms with van der Waals surface area (Å²) in [6.45, 7) is 7.72. The van der Waals surface area contributed by atoms with Crippen molar-refractivity contribution in [2.45, 2.75) is 76.8 Å². The average Bonchev–Trinajstić information content (AvgIpc) is 3.07. The summed E-state index contributed by atoms with van der Waals surface area (Å²) in [5.74, 6) is 0.478. The van der Waals surface area contributed by atoms with Gasteiger partial charge in [0.25, 0.3) is 0 Å². The molecule has 2 aromatic rings. The first-order chi connectivity index (χ1) is 14.2. The highest BCUT2D eigenvalue weighted by molar-refractivity contribution is 5.38. The van der Waals surface area contributed by atoms with Gasteiger partial charge >= 0.3 is 0 Å². The van der Waals surface area contributed by atoms with Crippen molar-refractivity contribution in [3.8, 4) is 5.88 Å². The van der Waals surface area contributed by atoms with Gasteiger partial charge < -0.3 is 29.9 Å². The van der Waals surface area contributed by atoms with Crippen molar-refractivity contribution in [3.63, 3.8) is 0 Å². The molecule has 0 amide bonds. The maximum Gasteiger partial charge on any atom is 0.239 e. The molecule has 1 fully saturated rings. The van der Waals surface area contributed by atoms with Crippen LogP contribution in [0.2, 0.25) is 0 Å². The van der Waals surface area contributed by atoms with Gasteiger partial charge in [0, 0.05) is 23.7 Å². The van der Waals surface area contributed by atoms with Crippen LogP contribution in [0.15, 0.2) is 30.3 Å². The van der Waals surface area contributed by atoms with Crippen LogP contribution in [0, 0.1) is 0 Å². The van der Waals surface area contributed by atoms with Gasteiger partial charge in [0.2, 0.25) is 12.2 Å². The van der Waals surface area contributed by atoms with Crippen molar-refractivity contribution >= 4 is 0 Å². The molecule has 0 aliphatic carbocycles. The molecule has 8 heteroatoms. The Morgan fingerprint density at radius 2 is 1.70 bits per heavy atom. The van der Waals surface area contributed by atoms with Gasteiger partial charge in [-0.05, 0) is 25.3 Å². The Hall–Kier alpha value is -1.97. The van der Waals surface area contributed by atoms with Crippen LogP contribution < -0.4 is 4.74 Å². The van der Waals surface area contributed by atoms with Crippen LogP contribution in [-0.4, -0.2) is 67.5 Å². The highest BCUT2D eigenvalue weighted by atomic mass is 16.7. The van der Waals surface area contributed by atoms with Gasteiger partial charge in [0.05, 0.1) is 6.61 Å². The minimum Gasteiger partial charge on any atom is -0.443 e. The van der Waals surface area contributed by atoms with E-state index in [0.717, 1.165) is 16.8 Å². The highest BCUT2D eigenvalue weighted by Gasteiger charge is 2.45. The van der Waals surface area contributed by atoms with E-state index in [1.54, 1.807) is 0 Å². The first-order valence-corrected chi connectivity index (χ1v) is 10.4. The van der Waals surface area contributed by atoms with Crippen LogP contribution in [-0.2, 0) is 11.2 Å². The Labute approximate surface area is 176 Å². The summed E-state index contributed by atoms with van der Waals surface area (Å²) in [4.78, 5) is 0. The lowest BCUT2D eigenvalue weighted by Gasteiger charge is -2.39. The predicted molar refractivity (Wildman–Crippen MR) is 110 cm³/mol. The van der Waals surface area contributed by atoms with E-state index in [4.69, 9.17) is 9.47 Å². The Balaban J connectivity index is 1.99. The molecule has 1 aromatic carbocycles. The highest BCUT2D eigenvalue weighted by Crippen LogP contribution is 2.34. The third-order valence-corrected chi connectivity index (χ3v) is 5.35. The minimum absolute atomic E-state index is 0.0871. The summed E-state index contributed by atoms with van der Waals surface area (Å²) < 4.78 is 13.4. The fraction of sp³-hybridized carbons (Fsp3) is 0.591. The molecule has 8 nitrogen and oxygen atoms in total. The maximum atomic E-state index is 10.4. The molecule has 1 aromatic heterocycles. The second kappa shape index (κ2) is 9.45. The molecule has 0 spiro atoms. The number of aromatic nitrogens is 2. The SMILES string of the molecule is CC(C)c1c(Cc2ccccc2)c(O[C@@H]2O[C@H](CO)[C@@H](O)[C@H](O)[C@H]2O)nn1C(C)C. The molecule has 30 heavy (non-hydrogen) atoms. The minimum atomic E-state index is -1.50. The van der Waals surface area contributed by atoms with E-state index in [0.29, 0.717) is 12.3 Å². The van der Waals surface area contributed by atoms with Crippen LogP contribution in [0.3, 0.4) is 0 Å². The first-order valence-electron chi connectivity index (χ1n) is 10.4. The summed E-state index contributed by atoms with van der Waals surface area (Å²) in [6, 6.07) is 10.0. The molecule has 1 aliphatic heterocycles. The molecule has 0 saturated carbocycles. The fourth-order valence-corrected chi connectivity index (χ4v) is 3.80. The fourth-order valence-electron chi connectivity index (χ4n) is 3.80. The second-order valence-electron chi connectivity index (χ2n) is 8.34. The number of nitrogens with zero attached hydrogens (tertiary/aromatic N) is 2. The van der Waals surface area contributed by atoms with Crippen LogP contribution in [0.5, 0.6) is 5.88 Å². The summed E-state index contributed by atoms with van der Waals surface area (Å²) in [6.07, 6.45) is -6.16. The zero-order chi connectivity index (χ0) is 22.0. The van der Waals surface area contributed by atoms with E-state index in [2.05, 4.69) is 18.9 Å². The number of ether oxygens (including phenoxy) is 2. The third-order valence-electron chi connectivity index (χ3n) is 5.35. The number of aliphatic hydroxyl groups is 4. The molecule has 1 aliphatic rings. The van der Waals surface area contributed by atoms with Crippen LogP contribution in [0.1, 0.15) is 56.5 Å². The van der Waals surface area contributed by atoms with Gasteiger partial charge in [-0.2, -0.15) is 0 Å². The normalized spacial score (nSPS) is 27.1. The summed E-state index contributed by atoms with van der Waals surface area (Å²) in [5.41, 5.74) is 2.98. The topological polar surface area (TPSA) is 117 Å². The number of hydrogen-bond donors (Lipinski definition) is 4. The maximum absolute atomic E-state index is 10.4. The van der Waals surface area contributed by atoms with Gasteiger partial charge in [-0.1, -0.05) is 44.2 Å². The van der Waals surface area contributed by atoms with E-state index < -0.39 is 37.3 Å². The quantitative estimate of drug-likeness (QED) is 0.534. The van der Waals surface area contributed by atoms with E-state index >= 15 is 0 Å². The van der Waals surface area contributed by atoms with Crippen molar-refractivity contribution in [2.75, 3.05) is 6.61 Å². The van der Waals surface area contributed by atoms with Crippen molar-refractivity contribution in [3.05, 3.63) is 47.2 Å². The second-order valence-corrected chi connectivity index (χ2v) is 8.34. The molecule has 0 bridgehead atoms. The molecule has 1 saturated heterocycles. The first kappa shape index (κ1) is 22.7. The molecular formula is C22H32N2O6. The molecule has 166 valence electrons. The Morgan fingerprint density at radius 1 is 1.03 bits per heavy atom. The third kappa shape index (κ3) is 4.53. The molecule has 3 rings (SSSR count). The Morgan fingerprint density at radius 3 is 2.27 bits per heavy atom. The zero-order valence-electron chi connectivity index (χ0n) is 17.8. The van der Waals surface area contributed by atoms with Crippen molar-refractivity contribution in [1.29, 1.82) is 0 Å². The van der Waals surface area contributed by atoms with Crippen LogP contribution in [0.25, 0.3) is 0 Å². The monoisotopic (exact) mass is 420 g/mol. The lowest BCUT2D eigenvalue weighted by Crippen LogP contribution is -2.60. The van der Waals surface area contributed by atoms with Gasteiger partial charge in [0.1, 0.15) is 24.4 Å². The summed E-state index contributed by atoms with van der Waals surface area (Å²) in [5, 5.41) is 44.6. The van der Waals surface area contributed by atoms with Crippen molar-refractivity contribution < 1.29 is 29.9 Å². The lowest BCUT2D eigenvalue weighted by atomic mass is 9.98. The smallest absolute Gasteiger partial charge is 0.239 e. The van der Waals surface area contributed by atoms with E-state index in [-0.39, 0.29) is 12.0 Å². The number of hydrogen-bond acceptors (Lipinski definition) is 7.